The number of likely N-dealkylation sites (tertiary alicyclic amines) is 1. The summed E-state index contributed by atoms with van der Waals surface area (Å²) in [7, 11) is 0. The quantitative estimate of drug-likeness (QED) is 0.795. The standard InChI is InChI=1S/C12H22N5S/c13-11-15-16-12(18-11)17(8-2-1-3-9-17)10-4-6-14-7-5-10/h10,14H,1-9H2,(H2,13,15)/q+1. The Bertz CT molecular complexity index is 393. The van der Waals surface area contributed by atoms with Crippen LogP contribution in [0.4, 0.5) is 10.3 Å². The van der Waals surface area contributed by atoms with Gasteiger partial charge in [-0.05, 0) is 30.6 Å². The van der Waals surface area contributed by atoms with Gasteiger partial charge in [-0.1, -0.05) is 5.10 Å². The first-order valence-electron chi connectivity index (χ1n) is 6.98. The van der Waals surface area contributed by atoms with E-state index in [2.05, 4.69) is 15.5 Å². The highest BCUT2D eigenvalue weighted by Gasteiger charge is 2.43. The van der Waals surface area contributed by atoms with Gasteiger partial charge in [0.2, 0.25) is 5.13 Å². The van der Waals surface area contributed by atoms with Gasteiger partial charge in [-0.25, -0.2) is 0 Å². The second-order valence-electron chi connectivity index (χ2n) is 5.45. The minimum Gasteiger partial charge on any atom is -0.374 e. The van der Waals surface area contributed by atoms with Gasteiger partial charge in [0.05, 0.1) is 19.1 Å². The van der Waals surface area contributed by atoms with Gasteiger partial charge in [-0.2, -0.15) is 0 Å². The van der Waals surface area contributed by atoms with Crippen molar-refractivity contribution in [3.63, 3.8) is 0 Å². The Hall–Kier alpha value is -0.720. The van der Waals surface area contributed by atoms with E-state index >= 15 is 0 Å². The first-order chi connectivity index (χ1) is 8.81. The predicted molar refractivity (Wildman–Crippen MR) is 75.6 cm³/mol. The van der Waals surface area contributed by atoms with E-state index in [1.54, 1.807) is 11.3 Å². The topological polar surface area (TPSA) is 63.8 Å². The third kappa shape index (κ3) is 2.13. The molecule has 2 saturated heterocycles. The van der Waals surface area contributed by atoms with E-state index in [1.165, 1.54) is 45.2 Å². The smallest absolute Gasteiger partial charge is 0.308 e. The molecule has 5 nitrogen and oxygen atoms in total. The highest BCUT2D eigenvalue weighted by Crippen LogP contribution is 2.37. The lowest BCUT2D eigenvalue weighted by atomic mass is 9.97. The third-order valence-corrected chi connectivity index (χ3v) is 5.35. The molecular formula is C12H22N5S+. The van der Waals surface area contributed by atoms with Crippen molar-refractivity contribution in [1.29, 1.82) is 0 Å². The number of nitrogens with one attached hydrogen (secondary N) is 1. The Kier molecular flexibility index (Phi) is 3.50. The van der Waals surface area contributed by atoms with Crippen molar-refractivity contribution in [2.24, 2.45) is 0 Å². The van der Waals surface area contributed by atoms with Gasteiger partial charge < -0.3 is 11.1 Å². The van der Waals surface area contributed by atoms with Gasteiger partial charge in [0.1, 0.15) is 0 Å². The number of nitrogens with two attached hydrogens (primary N) is 1. The molecule has 3 rings (SSSR count). The summed E-state index contributed by atoms with van der Waals surface area (Å²) < 4.78 is 1.05. The molecule has 0 radical (unpaired) electrons. The number of nitrogen functional groups attached to an aromatic ring is 1. The van der Waals surface area contributed by atoms with Crippen LogP contribution >= 0.6 is 11.3 Å². The number of quaternary nitrogens is 1. The van der Waals surface area contributed by atoms with Crippen molar-refractivity contribution < 1.29 is 0 Å². The maximum atomic E-state index is 5.80. The van der Waals surface area contributed by atoms with Crippen LogP contribution in [-0.4, -0.2) is 42.4 Å². The van der Waals surface area contributed by atoms with E-state index in [-0.39, 0.29) is 0 Å². The van der Waals surface area contributed by atoms with Crippen LogP contribution < -0.4 is 15.5 Å². The SMILES string of the molecule is Nc1nnc([N+]2(C3CCNCC3)CCCCC2)s1. The minimum absolute atomic E-state index is 0.613. The Labute approximate surface area is 112 Å². The first-order valence-corrected chi connectivity index (χ1v) is 7.80. The van der Waals surface area contributed by atoms with Gasteiger partial charge >= 0.3 is 5.13 Å². The largest absolute Gasteiger partial charge is 0.374 e. The van der Waals surface area contributed by atoms with Crippen molar-refractivity contribution in [3.8, 4) is 0 Å². The highest BCUT2D eigenvalue weighted by atomic mass is 32.1. The zero-order valence-electron chi connectivity index (χ0n) is 10.8. The number of nitrogens with zero attached hydrogens (tertiary/aromatic N) is 3. The van der Waals surface area contributed by atoms with Crippen molar-refractivity contribution in [1.82, 2.24) is 20.0 Å². The summed E-state index contributed by atoms with van der Waals surface area (Å²) in [5, 5.41) is 13.7. The second kappa shape index (κ2) is 5.11. The molecule has 0 amide bonds. The number of hydrogen-bond acceptors (Lipinski definition) is 5. The third-order valence-electron chi connectivity index (χ3n) is 4.43. The van der Waals surface area contributed by atoms with Crippen molar-refractivity contribution in [2.75, 3.05) is 31.9 Å². The fraction of sp³-hybridized carbons (Fsp3) is 0.833. The van der Waals surface area contributed by atoms with Gasteiger partial charge in [-0.15, -0.1) is 5.10 Å². The fourth-order valence-corrected chi connectivity index (χ4v) is 4.36. The van der Waals surface area contributed by atoms with Gasteiger partial charge in [0.15, 0.2) is 0 Å². The van der Waals surface area contributed by atoms with Crippen molar-refractivity contribution in [3.05, 3.63) is 0 Å². The van der Waals surface area contributed by atoms with Crippen LogP contribution in [0.25, 0.3) is 0 Å². The Morgan fingerprint density at radius 2 is 1.83 bits per heavy atom. The molecule has 18 heavy (non-hydrogen) atoms. The van der Waals surface area contributed by atoms with Crippen LogP contribution in [-0.2, 0) is 0 Å². The molecule has 0 unspecified atom stereocenters. The number of hydrogen-bond donors (Lipinski definition) is 2. The second-order valence-corrected chi connectivity index (χ2v) is 6.43. The normalized spacial score (nSPS) is 25.1. The van der Waals surface area contributed by atoms with E-state index in [9.17, 15) is 0 Å². The van der Waals surface area contributed by atoms with E-state index < -0.39 is 0 Å². The monoisotopic (exact) mass is 268 g/mol. The van der Waals surface area contributed by atoms with Gasteiger partial charge in [0, 0.05) is 25.9 Å². The molecule has 0 atom stereocenters. The van der Waals surface area contributed by atoms with Gasteiger partial charge in [-0.3, -0.25) is 4.48 Å². The molecule has 2 aliphatic rings. The van der Waals surface area contributed by atoms with Crippen LogP contribution in [0.3, 0.4) is 0 Å². The lowest BCUT2D eigenvalue weighted by Crippen LogP contribution is -2.62. The Morgan fingerprint density at radius 3 is 2.44 bits per heavy atom. The van der Waals surface area contributed by atoms with E-state index in [1.807, 2.05) is 0 Å². The zero-order chi connectivity index (χ0) is 12.4. The maximum absolute atomic E-state index is 5.80. The number of rotatable bonds is 2. The first kappa shape index (κ1) is 12.3. The molecule has 0 aliphatic carbocycles. The van der Waals surface area contributed by atoms with Crippen LogP contribution in [0.1, 0.15) is 32.1 Å². The molecule has 6 heteroatoms. The molecule has 3 heterocycles. The summed E-state index contributed by atoms with van der Waals surface area (Å²) in [6, 6.07) is 0.707. The maximum Gasteiger partial charge on any atom is 0.308 e. The van der Waals surface area contributed by atoms with Crippen molar-refractivity contribution >= 4 is 21.6 Å². The lowest BCUT2D eigenvalue weighted by Gasteiger charge is -2.45. The summed E-state index contributed by atoms with van der Waals surface area (Å²) in [6.45, 7) is 4.72. The number of anilines is 1. The number of piperidine rings is 2. The highest BCUT2D eigenvalue weighted by molar-refractivity contribution is 7.18. The molecule has 1 aromatic rings. The number of aromatic nitrogens is 2. The van der Waals surface area contributed by atoms with Crippen LogP contribution in [0, 0.1) is 0 Å². The Balaban J connectivity index is 1.91. The summed E-state index contributed by atoms with van der Waals surface area (Å²) in [4.78, 5) is 0. The van der Waals surface area contributed by atoms with E-state index in [0.717, 1.165) is 22.7 Å². The summed E-state index contributed by atoms with van der Waals surface area (Å²) in [5.41, 5.74) is 5.80. The molecule has 2 fully saturated rings. The molecule has 2 aliphatic heterocycles. The molecule has 3 N–H and O–H groups in total. The average Bonchev–Trinajstić information content (AvgIpc) is 2.88. The van der Waals surface area contributed by atoms with Crippen LogP contribution in [0.5, 0.6) is 0 Å². The summed E-state index contributed by atoms with van der Waals surface area (Å²) in [5.74, 6) is 0. The molecule has 1 aromatic heterocycles. The minimum atomic E-state index is 0.613. The molecular weight excluding hydrogens is 246 g/mol. The lowest BCUT2D eigenvalue weighted by molar-refractivity contribution is 0.138. The molecule has 0 bridgehead atoms. The Morgan fingerprint density at radius 1 is 1.11 bits per heavy atom. The molecule has 0 saturated carbocycles. The van der Waals surface area contributed by atoms with Crippen molar-refractivity contribution in [2.45, 2.75) is 38.1 Å². The molecule has 0 spiro atoms. The van der Waals surface area contributed by atoms with E-state index in [0.29, 0.717) is 11.2 Å². The molecule has 0 aromatic carbocycles. The van der Waals surface area contributed by atoms with Gasteiger partial charge in [0.25, 0.3) is 0 Å². The summed E-state index contributed by atoms with van der Waals surface area (Å²) in [6.07, 6.45) is 6.48. The van der Waals surface area contributed by atoms with E-state index in [4.69, 9.17) is 5.73 Å². The average molecular weight is 268 g/mol. The summed E-state index contributed by atoms with van der Waals surface area (Å²) >= 11 is 1.59. The van der Waals surface area contributed by atoms with Crippen LogP contribution in [0.2, 0.25) is 0 Å². The predicted octanol–water partition coefficient (Wildman–Crippen LogP) is 1.36. The zero-order valence-corrected chi connectivity index (χ0v) is 11.6. The fourth-order valence-electron chi connectivity index (χ4n) is 3.50. The molecule has 100 valence electrons. The van der Waals surface area contributed by atoms with Crippen LogP contribution in [0.15, 0.2) is 0 Å².